The summed E-state index contributed by atoms with van der Waals surface area (Å²) in [4.78, 5) is 28.5. The fourth-order valence-electron chi connectivity index (χ4n) is 2.78. The number of thiocarbonyl (C=S) groups is 1. The summed E-state index contributed by atoms with van der Waals surface area (Å²) in [7, 11) is -3.93. The van der Waals surface area contributed by atoms with E-state index in [0.29, 0.717) is 4.91 Å². The lowest BCUT2D eigenvalue weighted by Gasteiger charge is -2.14. The van der Waals surface area contributed by atoms with E-state index in [1.165, 1.54) is 12.1 Å². The Morgan fingerprint density at radius 2 is 1.78 bits per heavy atom. The van der Waals surface area contributed by atoms with Crippen molar-refractivity contribution in [2.75, 3.05) is 6.54 Å². The van der Waals surface area contributed by atoms with E-state index in [9.17, 15) is 18.0 Å². The van der Waals surface area contributed by atoms with Crippen LogP contribution in [0.25, 0.3) is 6.08 Å². The molecule has 0 spiro atoms. The van der Waals surface area contributed by atoms with E-state index in [4.69, 9.17) is 12.2 Å². The number of hydrazine groups is 1. The second-order valence-electron chi connectivity index (χ2n) is 7.03. The van der Waals surface area contributed by atoms with E-state index in [0.717, 1.165) is 33.4 Å². The van der Waals surface area contributed by atoms with Crippen molar-refractivity contribution in [3.63, 3.8) is 0 Å². The zero-order valence-electron chi connectivity index (χ0n) is 17.4. The van der Waals surface area contributed by atoms with Gasteiger partial charge in [0.25, 0.3) is 21.8 Å². The first-order valence-corrected chi connectivity index (χ1v) is 12.2. The summed E-state index contributed by atoms with van der Waals surface area (Å²) in [6.45, 7) is 3.30. The van der Waals surface area contributed by atoms with Crippen LogP contribution in [0, 0.1) is 6.92 Å². The summed E-state index contributed by atoms with van der Waals surface area (Å²) in [6.07, 6.45) is 3.64. The summed E-state index contributed by atoms with van der Waals surface area (Å²) in [6, 6.07) is 15.8. The highest BCUT2D eigenvalue weighted by Crippen LogP contribution is 2.31. The lowest BCUT2D eigenvalue weighted by molar-refractivity contribution is -0.129. The molecule has 0 unspecified atom stereocenters. The van der Waals surface area contributed by atoms with Crippen LogP contribution in [0.2, 0.25) is 0 Å². The van der Waals surface area contributed by atoms with Gasteiger partial charge < -0.3 is 0 Å². The smallest absolute Gasteiger partial charge is 0.266 e. The van der Waals surface area contributed by atoms with Crippen molar-refractivity contribution < 1.29 is 18.0 Å². The molecule has 0 aliphatic carbocycles. The molecule has 0 bridgehead atoms. The average Bonchev–Trinajstić information content (AvgIpc) is 3.00. The van der Waals surface area contributed by atoms with E-state index in [1.54, 1.807) is 18.2 Å². The highest BCUT2D eigenvalue weighted by molar-refractivity contribution is 8.26. The summed E-state index contributed by atoms with van der Waals surface area (Å²) >= 11 is 6.32. The zero-order valence-corrected chi connectivity index (χ0v) is 19.8. The Hall–Kier alpha value is -2.79. The minimum atomic E-state index is -3.93. The quantitative estimate of drug-likeness (QED) is 0.354. The number of nitrogens with one attached hydrogen (secondary N) is 2. The Kier molecular flexibility index (Phi) is 7.62. The molecule has 1 fully saturated rings. The number of amides is 2. The standard InChI is InChI=1S/C22H21N3O4S3/c1-15-8-10-18(11-9-15)32(28,29)24-23-20(26)14-25-21(27)19(31-22(25)30)13-16(2)12-17-6-4-3-5-7-17/h3-13,24H,14H2,1-2H3,(H,23,26)/b16-12+,19-13-. The number of sulfonamides is 1. The number of carbonyl (C=O) groups is 2. The Morgan fingerprint density at radius 3 is 2.44 bits per heavy atom. The maximum Gasteiger partial charge on any atom is 0.266 e. The van der Waals surface area contributed by atoms with Crippen LogP contribution in [-0.2, 0) is 19.6 Å². The molecule has 10 heteroatoms. The second kappa shape index (κ2) is 10.2. The Bertz CT molecular complexity index is 1200. The lowest BCUT2D eigenvalue weighted by atomic mass is 10.1. The number of aryl methyl sites for hydroxylation is 1. The van der Waals surface area contributed by atoms with Gasteiger partial charge in [0.15, 0.2) is 0 Å². The Morgan fingerprint density at radius 1 is 1.12 bits per heavy atom. The first-order chi connectivity index (χ1) is 15.2. The topological polar surface area (TPSA) is 95.6 Å². The fourth-order valence-corrected chi connectivity index (χ4v) is 4.95. The van der Waals surface area contributed by atoms with E-state index in [2.05, 4.69) is 5.43 Å². The third-order valence-electron chi connectivity index (χ3n) is 4.38. The summed E-state index contributed by atoms with van der Waals surface area (Å²) < 4.78 is 24.8. The molecule has 1 aliphatic rings. The number of thioether (sulfide) groups is 1. The van der Waals surface area contributed by atoms with E-state index in [-0.39, 0.29) is 9.22 Å². The highest BCUT2D eigenvalue weighted by Gasteiger charge is 2.33. The van der Waals surface area contributed by atoms with Gasteiger partial charge in [-0.2, -0.15) is 0 Å². The number of hydrogen-bond donors (Lipinski definition) is 2. The van der Waals surface area contributed by atoms with E-state index >= 15 is 0 Å². The largest absolute Gasteiger partial charge is 0.283 e. The number of hydrogen-bond acceptors (Lipinski definition) is 6. The minimum absolute atomic E-state index is 0.0117. The number of benzene rings is 2. The van der Waals surface area contributed by atoms with Gasteiger partial charge in [-0.25, -0.2) is 8.42 Å². The third-order valence-corrected chi connectivity index (χ3v) is 7.03. The molecule has 1 heterocycles. The van der Waals surface area contributed by atoms with Crippen molar-refractivity contribution in [3.8, 4) is 0 Å². The molecule has 0 aromatic heterocycles. The predicted molar refractivity (Wildman–Crippen MR) is 130 cm³/mol. The predicted octanol–water partition coefficient (Wildman–Crippen LogP) is 3.15. The van der Waals surface area contributed by atoms with Crippen molar-refractivity contribution in [2.45, 2.75) is 18.7 Å². The molecule has 7 nitrogen and oxygen atoms in total. The van der Waals surface area contributed by atoms with Crippen LogP contribution in [0.15, 0.2) is 76.0 Å². The van der Waals surface area contributed by atoms with Crippen molar-refractivity contribution in [2.24, 2.45) is 0 Å². The molecule has 0 atom stereocenters. The van der Waals surface area contributed by atoms with Gasteiger partial charge in [-0.15, -0.1) is 4.83 Å². The second-order valence-corrected chi connectivity index (χ2v) is 10.4. The third kappa shape index (κ3) is 6.13. The van der Waals surface area contributed by atoms with Crippen molar-refractivity contribution >= 4 is 56.2 Å². The van der Waals surface area contributed by atoms with Crippen molar-refractivity contribution in [1.82, 2.24) is 15.2 Å². The van der Waals surface area contributed by atoms with Crippen LogP contribution >= 0.6 is 24.0 Å². The molecular weight excluding hydrogens is 466 g/mol. The van der Waals surface area contributed by atoms with E-state index < -0.39 is 28.4 Å². The van der Waals surface area contributed by atoms with Crippen LogP contribution in [0.1, 0.15) is 18.1 Å². The molecule has 32 heavy (non-hydrogen) atoms. The molecule has 2 N–H and O–H groups in total. The van der Waals surface area contributed by atoms with Crippen LogP contribution in [0.3, 0.4) is 0 Å². The Balaban J connectivity index is 1.62. The first-order valence-electron chi connectivity index (χ1n) is 9.52. The zero-order chi connectivity index (χ0) is 23.3. The summed E-state index contributed by atoms with van der Waals surface area (Å²) in [5, 5.41) is 0. The number of rotatable bonds is 7. The molecule has 0 radical (unpaired) electrons. The maximum atomic E-state index is 12.7. The molecule has 1 saturated heterocycles. The first kappa shape index (κ1) is 23.9. The molecular formula is C22H21N3O4S3. The molecule has 2 amide bonds. The molecule has 0 saturated carbocycles. The molecule has 2 aromatic rings. The SMILES string of the molecule is CC(/C=C1\SC(=S)N(CC(=O)NNS(=O)(=O)c2ccc(C)cc2)C1=O)=C\c1ccccc1. The normalized spacial score (nSPS) is 16.0. The number of carbonyl (C=O) groups excluding carboxylic acids is 2. The average molecular weight is 488 g/mol. The van der Waals surface area contributed by atoms with E-state index in [1.807, 2.05) is 55.1 Å². The fraction of sp³-hybridized carbons (Fsp3) is 0.136. The van der Waals surface area contributed by atoms with Crippen LogP contribution < -0.4 is 10.3 Å². The molecule has 1 aliphatic heterocycles. The van der Waals surface area contributed by atoms with Gasteiger partial charge in [-0.1, -0.05) is 78.1 Å². The van der Waals surface area contributed by atoms with Crippen molar-refractivity contribution in [3.05, 3.63) is 82.3 Å². The number of allylic oxidation sites excluding steroid dienone is 2. The highest BCUT2D eigenvalue weighted by atomic mass is 32.2. The van der Waals surface area contributed by atoms with Gasteiger partial charge in [0.1, 0.15) is 10.9 Å². The van der Waals surface area contributed by atoms with Crippen LogP contribution in [0.5, 0.6) is 0 Å². The Labute approximate surface area is 196 Å². The van der Waals surface area contributed by atoms with Gasteiger partial charge in [0, 0.05) is 0 Å². The molecule has 166 valence electrons. The van der Waals surface area contributed by atoms with Crippen molar-refractivity contribution in [1.29, 1.82) is 0 Å². The van der Waals surface area contributed by atoms with Gasteiger partial charge in [0.05, 0.1) is 9.80 Å². The molecule has 2 aromatic carbocycles. The van der Waals surface area contributed by atoms with Gasteiger partial charge in [-0.3, -0.25) is 19.9 Å². The molecule has 3 rings (SSSR count). The van der Waals surface area contributed by atoms with Gasteiger partial charge in [-0.05, 0) is 43.2 Å². The van der Waals surface area contributed by atoms with Gasteiger partial charge >= 0.3 is 0 Å². The number of nitrogens with zero attached hydrogens (tertiary/aromatic N) is 1. The summed E-state index contributed by atoms with van der Waals surface area (Å²) in [5.41, 5.74) is 4.88. The monoisotopic (exact) mass is 487 g/mol. The van der Waals surface area contributed by atoms with Crippen LogP contribution in [-0.4, -0.2) is 36.0 Å². The summed E-state index contributed by atoms with van der Waals surface area (Å²) in [5.74, 6) is -1.12. The lowest BCUT2D eigenvalue weighted by Crippen LogP contribution is -2.47. The van der Waals surface area contributed by atoms with Crippen LogP contribution in [0.4, 0.5) is 0 Å². The van der Waals surface area contributed by atoms with Gasteiger partial charge in [0.2, 0.25) is 0 Å². The minimum Gasteiger partial charge on any atom is -0.283 e. The maximum absolute atomic E-state index is 12.7.